The van der Waals surface area contributed by atoms with Gasteiger partial charge in [-0.2, -0.15) is 0 Å². The number of hydrogen-bond donors (Lipinski definition) is 1. The van der Waals surface area contributed by atoms with Gasteiger partial charge in [0, 0.05) is 13.1 Å². The molecule has 0 atom stereocenters. The van der Waals surface area contributed by atoms with E-state index in [1.165, 1.54) is 4.68 Å². The summed E-state index contributed by atoms with van der Waals surface area (Å²) in [5.41, 5.74) is 5.45. The van der Waals surface area contributed by atoms with Gasteiger partial charge in [-0.25, -0.2) is 4.68 Å². The summed E-state index contributed by atoms with van der Waals surface area (Å²) in [5.74, 6) is 0.105. The molecular weight excluding hydrogens is 200 g/mol. The van der Waals surface area contributed by atoms with Crippen LogP contribution in [0.25, 0.3) is 0 Å². The Morgan fingerprint density at radius 3 is 2.80 bits per heavy atom. The molecule has 82 valence electrons. The van der Waals surface area contributed by atoms with E-state index >= 15 is 0 Å². The highest BCUT2D eigenvalue weighted by atomic mass is 16.5. The van der Waals surface area contributed by atoms with Gasteiger partial charge in [0.15, 0.2) is 0 Å². The Morgan fingerprint density at radius 2 is 2.20 bits per heavy atom. The standard InChI is InChI=1S/C7H12N6O2/c8-7-9-10-11-13(7)5-6(14)12-1-3-15-4-2-12/h1-5H2,(H2,8,9,11). The van der Waals surface area contributed by atoms with Crippen LogP contribution >= 0.6 is 0 Å². The molecule has 0 aliphatic carbocycles. The third-order valence-corrected chi connectivity index (χ3v) is 2.21. The Balaban J connectivity index is 1.94. The molecule has 0 spiro atoms. The minimum absolute atomic E-state index is 0.0442. The number of tetrazole rings is 1. The van der Waals surface area contributed by atoms with Gasteiger partial charge in [0.25, 0.3) is 0 Å². The zero-order chi connectivity index (χ0) is 10.7. The molecule has 1 aliphatic rings. The van der Waals surface area contributed by atoms with Gasteiger partial charge >= 0.3 is 0 Å². The molecule has 2 N–H and O–H groups in total. The molecule has 0 unspecified atom stereocenters. The second-order valence-electron chi connectivity index (χ2n) is 3.19. The zero-order valence-corrected chi connectivity index (χ0v) is 8.17. The van der Waals surface area contributed by atoms with Crippen LogP contribution in [0.2, 0.25) is 0 Å². The molecule has 0 aromatic carbocycles. The van der Waals surface area contributed by atoms with E-state index in [1.807, 2.05) is 0 Å². The summed E-state index contributed by atoms with van der Waals surface area (Å²) in [6.07, 6.45) is 0. The summed E-state index contributed by atoms with van der Waals surface area (Å²) >= 11 is 0. The highest BCUT2D eigenvalue weighted by Crippen LogP contribution is 2.00. The number of hydrogen-bond acceptors (Lipinski definition) is 6. The van der Waals surface area contributed by atoms with Gasteiger partial charge in [-0.15, -0.1) is 0 Å². The van der Waals surface area contributed by atoms with Gasteiger partial charge in [0.1, 0.15) is 6.54 Å². The summed E-state index contributed by atoms with van der Waals surface area (Å²) in [6, 6.07) is 0. The second kappa shape index (κ2) is 4.22. The number of amides is 1. The molecule has 0 saturated carbocycles. The summed E-state index contributed by atoms with van der Waals surface area (Å²) in [6.45, 7) is 2.47. The Hall–Kier alpha value is -1.70. The van der Waals surface area contributed by atoms with Crippen LogP contribution in [0.4, 0.5) is 5.95 Å². The van der Waals surface area contributed by atoms with E-state index in [0.29, 0.717) is 26.3 Å². The van der Waals surface area contributed by atoms with Crippen molar-refractivity contribution >= 4 is 11.9 Å². The number of nitrogen functional groups attached to an aromatic ring is 1. The lowest BCUT2D eigenvalue weighted by atomic mass is 10.4. The molecular formula is C7H12N6O2. The predicted molar refractivity (Wildman–Crippen MR) is 49.6 cm³/mol. The molecule has 15 heavy (non-hydrogen) atoms. The Morgan fingerprint density at radius 1 is 1.47 bits per heavy atom. The zero-order valence-electron chi connectivity index (χ0n) is 8.17. The molecule has 1 saturated heterocycles. The first-order chi connectivity index (χ1) is 7.27. The first kappa shape index (κ1) is 9.84. The predicted octanol–water partition coefficient (Wildman–Crippen LogP) is -1.89. The maximum atomic E-state index is 11.7. The van der Waals surface area contributed by atoms with Gasteiger partial charge < -0.3 is 15.4 Å². The van der Waals surface area contributed by atoms with Gasteiger partial charge in [-0.1, -0.05) is 5.10 Å². The average Bonchev–Trinajstić information content (AvgIpc) is 2.66. The molecule has 1 aliphatic heterocycles. The Bertz CT molecular complexity index is 345. The fourth-order valence-corrected chi connectivity index (χ4v) is 1.37. The highest BCUT2D eigenvalue weighted by molar-refractivity contribution is 5.76. The van der Waals surface area contributed by atoms with Gasteiger partial charge in [0.05, 0.1) is 13.2 Å². The number of carbonyl (C=O) groups is 1. The highest BCUT2D eigenvalue weighted by Gasteiger charge is 2.18. The third-order valence-electron chi connectivity index (χ3n) is 2.21. The van der Waals surface area contributed by atoms with Crippen LogP contribution in [0, 0.1) is 0 Å². The lowest BCUT2D eigenvalue weighted by Crippen LogP contribution is -2.42. The molecule has 0 radical (unpaired) electrons. The van der Waals surface area contributed by atoms with E-state index in [4.69, 9.17) is 10.5 Å². The number of anilines is 1. The maximum absolute atomic E-state index is 11.7. The molecule has 1 aromatic heterocycles. The van der Waals surface area contributed by atoms with E-state index in [0.717, 1.165) is 0 Å². The van der Waals surface area contributed by atoms with Gasteiger partial charge in [0.2, 0.25) is 11.9 Å². The van der Waals surface area contributed by atoms with Crippen molar-refractivity contribution in [3.05, 3.63) is 0 Å². The van der Waals surface area contributed by atoms with E-state index < -0.39 is 0 Å². The fourth-order valence-electron chi connectivity index (χ4n) is 1.37. The fraction of sp³-hybridized carbons (Fsp3) is 0.714. The van der Waals surface area contributed by atoms with Crippen LogP contribution in [0.5, 0.6) is 0 Å². The van der Waals surface area contributed by atoms with Crippen molar-refractivity contribution in [2.24, 2.45) is 0 Å². The number of nitrogens with zero attached hydrogens (tertiary/aromatic N) is 5. The van der Waals surface area contributed by atoms with Crippen LogP contribution < -0.4 is 5.73 Å². The summed E-state index contributed by atoms with van der Waals surface area (Å²) in [7, 11) is 0. The average molecular weight is 212 g/mol. The van der Waals surface area contributed by atoms with Crippen LogP contribution in [-0.4, -0.2) is 57.3 Å². The largest absolute Gasteiger partial charge is 0.378 e. The number of aromatic nitrogens is 4. The van der Waals surface area contributed by atoms with Crippen LogP contribution in [0.15, 0.2) is 0 Å². The van der Waals surface area contributed by atoms with E-state index in [2.05, 4.69) is 15.5 Å². The minimum atomic E-state index is -0.0442. The first-order valence-corrected chi connectivity index (χ1v) is 4.64. The summed E-state index contributed by atoms with van der Waals surface area (Å²) in [5, 5.41) is 10.5. The Labute approximate surface area is 86.0 Å². The number of morpholine rings is 1. The normalized spacial score (nSPS) is 16.7. The van der Waals surface area contributed by atoms with Crippen molar-refractivity contribution in [1.82, 2.24) is 25.1 Å². The van der Waals surface area contributed by atoms with Crippen LogP contribution in [0.3, 0.4) is 0 Å². The number of ether oxygens (including phenoxy) is 1. The van der Waals surface area contributed by atoms with Gasteiger partial charge in [-0.05, 0) is 10.4 Å². The van der Waals surface area contributed by atoms with Crippen molar-refractivity contribution in [1.29, 1.82) is 0 Å². The van der Waals surface area contributed by atoms with Crippen LogP contribution in [0.1, 0.15) is 0 Å². The number of rotatable bonds is 2. The molecule has 2 rings (SSSR count). The van der Waals surface area contributed by atoms with Crippen molar-refractivity contribution in [2.75, 3.05) is 32.0 Å². The maximum Gasteiger partial charge on any atom is 0.244 e. The van der Waals surface area contributed by atoms with Crippen molar-refractivity contribution in [2.45, 2.75) is 6.54 Å². The lowest BCUT2D eigenvalue weighted by molar-refractivity contribution is -0.136. The molecule has 0 bridgehead atoms. The third kappa shape index (κ3) is 2.21. The molecule has 1 aromatic rings. The van der Waals surface area contributed by atoms with E-state index in [9.17, 15) is 4.79 Å². The topological polar surface area (TPSA) is 99.2 Å². The summed E-state index contributed by atoms with van der Waals surface area (Å²) < 4.78 is 6.42. The lowest BCUT2D eigenvalue weighted by Gasteiger charge is -2.26. The smallest absolute Gasteiger partial charge is 0.244 e. The van der Waals surface area contributed by atoms with Crippen LogP contribution in [-0.2, 0) is 16.1 Å². The summed E-state index contributed by atoms with van der Waals surface area (Å²) in [4.78, 5) is 13.4. The quantitative estimate of drug-likeness (QED) is 0.615. The SMILES string of the molecule is Nc1nnnn1CC(=O)N1CCOCC1. The van der Waals surface area contributed by atoms with Crippen molar-refractivity contribution in [3.63, 3.8) is 0 Å². The van der Waals surface area contributed by atoms with Crippen molar-refractivity contribution in [3.8, 4) is 0 Å². The second-order valence-corrected chi connectivity index (χ2v) is 3.19. The monoisotopic (exact) mass is 212 g/mol. The number of carbonyl (C=O) groups excluding carboxylic acids is 1. The molecule has 8 nitrogen and oxygen atoms in total. The molecule has 1 fully saturated rings. The minimum Gasteiger partial charge on any atom is -0.378 e. The molecule has 2 heterocycles. The molecule has 8 heteroatoms. The van der Waals surface area contributed by atoms with Gasteiger partial charge in [-0.3, -0.25) is 4.79 Å². The van der Waals surface area contributed by atoms with E-state index in [-0.39, 0.29) is 18.4 Å². The number of nitrogens with two attached hydrogens (primary N) is 1. The first-order valence-electron chi connectivity index (χ1n) is 4.64. The Kier molecular flexibility index (Phi) is 2.77. The van der Waals surface area contributed by atoms with Crippen molar-refractivity contribution < 1.29 is 9.53 Å². The van der Waals surface area contributed by atoms with E-state index in [1.54, 1.807) is 4.90 Å². The molecule has 1 amide bonds.